The lowest BCUT2D eigenvalue weighted by Crippen LogP contribution is -2.56. The van der Waals surface area contributed by atoms with Gasteiger partial charge >= 0.3 is 5.97 Å². The Morgan fingerprint density at radius 2 is 1.68 bits per heavy atom. The van der Waals surface area contributed by atoms with Crippen molar-refractivity contribution in [2.45, 2.75) is 70.1 Å². The fourth-order valence-electron chi connectivity index (χ4n) is 4.10. The number of likely N-dealkylation sites (tertiary alicyclic amines) is 1. The summed E-state index contributed by atoms with van der Waals surface area (Å²) in [4.78, 5) is 75.7. The van der Waals surface area contributed by atoms with Gasteiger partial charge in [-0.25, -0.2) is 0 Å². The zero-order valence-corrected chi connectivity index (χ0v) is 22.6. The third-order valence-electron chi connectivity index (χ3n) is 6.24. The number of methoxy groups -OCH3 is 1. The van der Waals surface area contributed by atoms with Crippen molar-refractivity contribution in [1.82, 2.24) is 20.9 Å². The maximum absolute atomic E-state index is 13.1. The Bertz CT molecular complexity index is 1020. The van der Waals surface area contributed by atoms with Crippen LogP contribution in [-0.4, -0.2) is 84.0 Å². The van der Waals surface area contributed by atoms with Crippen LogP contribution < -0.4 is 16.0 Å². The van der Waals surface area contributed by atoms with E-state index in [1.165, 1.54) is 25.9 Å². The summed E-state index contributed by atoms with van der Waals surface area (Å²) in [6.07, 6.45) is 1.02. The van der Waals surface area contributed by atoms with Crippen LogP contribution in [0, 0.1) is 0 Å². The predicted molar refractivity (Wildman–Crippen MR) is 139 cm³/mol. The molecule has 208 valence electrons. The van der Waals surface area contributed by atoms with Crippen LogP contribution in [-0.2, 0) is 39.9 Å². The summed E-state index contributed by atoms with van der Waals surface area (Å²) in [5.41, 5.74) is 0.860. The molecule has 12 heteroatoms. The summed E-state index contributed by atoms with van der Waals surface area (Å²) in [6.45, 7) is 3.27. The normalized spacial score (nSPS) is 17.1. The van der Waals surface area contributed by atoms with Crippen LogP contribution in [0.4, 0.5) is 0 Å². The molecule has 1 aliphatic rings. The molecule has 4 unspecified atom stereocenters. The molecule has 0 aromatic heterocycles. The Kier molecular flexibility index (Phi) is 12.2. The van der Waals surface area contributed by atoms with Crippen LogP contribution in [0.15, 0.2) is 30.3 Å². The second-order valence-corrected chi connectivity index (χ2v) is 9.40. The quantitative estimate of drug-likeness (QED) is 0.238. The zero-order valence-electron chi connectivity index (χ0n) is 21.8. The van der Waals surface area contributed by atoms with E-state index in [1.54, 1.807) is 0 Å². The third kappa shape index (κ3) is 9.13. The minimum atomic E-state index is -0.963. The van der Waals surface area contributed by atoms with Crippen molar-refractivity contribution in [3.05, 3.63) is 35.9 Å². The second kappa shape index (κ2) is 15.1. The molecule has 0 radical (unpaired) electrons. The van der Waals surface area contributed by atoms with E-state index in [4.69, 9.17) is 11.6 Å². The van der Waals surface area contributed by atoms with Gasteiger partial charge in [0.05, 0.1) is 25.5 Å². The fraction of sp³-hybridized carbons (Fsp3) is 0.538. The van der Waals surface area contributed by atoms with Crippen LogP contribution in [0.1, 0.15) is 45.1 Å². The SMILES string of the molecule is COC(=O)CCC(=O)NC(C)C(=O)NC(C)C(=O)N1CCCC1C(=O)NC(Cc1ccccc1)C(=O)CCl. The monoisotopic (exact) mass is 550 g/mol. The number of Topliss-reactive ketones (excluding diaryl/α,β-unsaturated/α-hetero) is 1. The number of ether oxygens (including phenoxy) is 1. The van der Waals surface area contributed by atoms with Gasteiger partial charge in [-0.05, 0) is 38.7 Å². The summed E-state index contributed by atoms with van der Waals surface area (Å²) in [7, 11) is 1.21. The topological polar surface area (TPSA) is 151 Å². The van der Waals surface area contributed by atoms with Gasteiger partial charge in [0.15, 0.2) is 5.78 Å². The van der Waals surface area contributed by atoms with Crippen molar-refractivity contribution in [3.8, 4) is 0 Å². The summed E-state index contributed by atoms with van der Waals surface area (Å²) >= 11 is 5.77. The van der Waals surface area contributed by atoms with Gasteiger partial charge < -0.3 is 25.6 Å². The average molecular weight is 551 g/mol. The highest BCUT2D eigenvalue weighted by molar-refractivity contribution is 6.28. The van der Waals surface area contributed by atoms with E-state index in [0.717, 1.165) is 5.56 Å². The van der Waals surface area contributed by atoms with Gasteiger partial charge in [-0.3, -0.25) is 28.8 Å². The number of rotatable bonds is 13. The van der Waals surface area contributed by atoms with Crippen LogP contribution in [0.3, 0.4) is 0 Å². The molecule has 1 saturated heterocycles. The standard InChI is InChI=1S/C26H35ClN4O7/c1-16(28-22(33)11-12-23(34)38-3)24(35)29-17(2)26(37)31-13-7-10-20(31)25(36)30-19(21(32)15-27)14-18-8-5-4-6-9-18/h4-6,8-9,16-17,19-20H,7,10-15H2,1-3H3,(H,28,33)(H,29,35)(H,30,36). The highest BCUT2D eigenvalue weighted by Gasteiger charge is 2.38. The number of nitrogens with zero attached hydrogens (tertiary/aromatic N) is 1. The molecule has 0 aliphatic carbocycles. The first kappa shape index (κ1) is 30.8. The number of esters is 1. The molecule has 4 atom stereocenters. The Morgan fingerprint density at radius 3 is 2.32 bits per heavy atom. The van der Waals surface area contributed by atoms with Gasteiger partial charge in [-0.15, -0.1) is 11.6 Å². The first-order valence-electron chi connectivity index (χ1n) is 12.5. The molecule has 4 amide bonds. The highest BCUT2D eigenvalue weighted by Crippen LogP contribution is 2.19. The number of alkyl halides is 1. The minimum Gasteiger partial charge on any atom is -0.469 e. The van der Waals surface area contributed by atoms with Crippen molar-refractivity contribution in [2.24, 2.45) is 0 Å². The van der Waals surface area contributed by atoms with Crippen molar-refractivity contribution < 1.29 is 33.5 Å². The third-order valence-corrected chi connectivity index (χ3v) is 6.51. The second-order valence-electron chi connectivity index (χ2n) is 9.14. The van der Waals surface area contributed by atoms with E-state index in [-0.39, 0.29) is 30.9 Å². The summed E-state index contributed by atoms with van der Waals surface area (Å²) in [6, 6.07) is 5.67. The van der Waals surface area contributed by atoms with Gasteiger partial charge in [0.1, 0.15) is 18.1 Å². The van der Waals surface area contributed by atoms with Crippen molar-refractivity contribution in [3.63, 3.8) is 0 Å². The molecule has 1 aromatic rings. The Labute approximate surface area is 227 Å². The predicted octanol–water partition coefficient (Wildman–Crippen LogP) is 0.475. The number of nitrogens with one attached hydrogen (secondary N) is 3. The van der Waals surface area contributed by atoms with Crippen LogP contribution in [0.2, 0.25) is 0 Å². The van der Waals surface area contributed by atoms with Crippen molar-refractivity contribution in [1.29, 1.82) is 0 Å². The number of hydrogen-bond acceptors (Lipinski definition) is 7. The number of halogens is 1. The number of ketones is 1. The van der Waals surface area contributed by atoms with Crippen LogP contribution in [0.25, 0.3) is 0 Å². The first-order chi connectivity index (χ1) is 18.1. The Hall–Kier alpha value is -3.47. The van der Waals surface area contributed by atoms with Crippen molar-refractivity contribution in [2.75, 3.05) is 19.5 Å². The van der Waals surface area contributed by atoms with E-state index in [9.17, 15) is 28.8 Å². The van der Waals surface area contributed by atoms with E-state index in [1.807, 2.05) is 30.3 Å². The Balaban J connectivity index is 1.95. The molecule has 0 spiro atoms. The van der Waals surface area contributed by atoms with Crippen LogP contribution >= 0.6 is 11.6 Å². The number of hydrogen-bond donors (Lipinski definition) is 3. The molecule has 1 heterocycles. The highest BCUT2D eigenvalue weighted by atomic mass is 35.5. The van der Waals surface area contributed by atoms with Gasteiger partial charge in [-0.2, -0.15) is 0 Å². The van der Waals surface area contributed by atoms with E-state index >= 15 is 0 Å². The number of carbonyl (C=O) groups is 6. The maximum atomic E-state index is 13.1. The molecule has 0 bridgehead atoms. The molecule has 1 aromatic carbocycles. The van der Waals surface area contributed by atoms with Gasteiger partial charge in [0, 0.05) is 13.0 Å². The smallest absolute Gasteiger partial charge is 0.306 e. The zero-order chi connectivity index (χ0) is 28.2. The first-order valence-corrected chi connectivity index (χ1v) is 13.0. The molecule has 1 aliphatic heterocycles. The number of benzene rings is 1. The maximum Gasteiger partial charge on any atom is 0.306 e. The molecule has 0 saturated carbocycles. The lowest BCUT2D eigenvalue weighted by Gasteiger charge is -2.29. The fourth-order valence-corrected chi connectivity index (χ4v) is 4.29. The summed E-state index contributed by atoms with van der Waals surface area (Å²) in [5, 5.41) is 7.78. The van der Waals surface area contributed by atoms with E-state index in [0.29, 0.717) is 19.4 Å². The molecule has 38 heavy (non-hydrogen) atoms. The van der Waals surface area contributed by atoms with Gasteiger partial charge in [-0.1, -0.05) is 30.3 Å². The van der Waals surface area contributed by atoms with E-state index < -0.39 is 53.8 Å². The average Bonchev–Trinajstić information content (AvgIpc) is 3.41. The molecule has 2 rings (SSSR count). The van der Waals surface area contributed by atoms with Gasteiger partial charge in [0.2, 0.25) is 23.6 Å². The molecule has 1 fully saturated rings. The summed E-state index contributed by atoms with van der Waals surface area (Å²) in [5.74, 6) is -3.14. The summed E-state index contributed by atoms with van der Waals surface area (Å²) < 4.78 is 4.48. The molecule has 3 N–H and O–H groups in total. The number of amides is 4. The van der Waals surface area contributed by atoms with Crippen LogP contribution in [0.5, 0.6) is 0 Å². The number of carbonyl (C=O) groups excluding carboxylic acids is 6. The molecule has 11 nitrogen and oxygen atoms in total. The van der Waals surface area contributed by atoms with Crippen molar-refractivity contribution >= 4 is 47.0 Å². The molecular formula is C26H35ClN4O7. The Morgan fingerprint density at radius 1 is 1.00 bits per heavy atom. The molecular weight excluding hydrogens is 516 g/mol. The lowest BCUT2D eigenvalue weighted by molar-refractivity contribution is -0.142. The lowest BCUT2D eigenvalue weighted by atomic mass is 10.0. The van der Waals surface area contributed by atoms with Gasteiger partial charge in [0.25, 0.3) is 0 Å². The van der Waals surface area contributed by atoms with E-state index in [2.05, 4.69) is 20.7 Å². The largest absolute Gasteiger partial charge is 0.469 e. The minimum absolute atomic E-state index is 0.118.